The number of carbonyl (C=O) groups is 1. The summed E-state index contributed by atoms with van der Waals surface area (Å²) in [7, 11) is 1.72. The number of hydrogen-bond acceptors (Lipinski definition) is 6. The number of aromatic nitrogens is 4. The quantitative estimate of drug-likeness (QED) is 0.802. The van der Waals surface area contributed by atoms with E-state index in [2.05, 4.69) is 20.2 Å². The Morgan fingerprint density at radius 2 is 2.35 bits per heavy atom. The van der Waals surface area contributed by atoms with E-state index in [9.17, 15) is 4.79 Å². The van der Waals surface area contributed by atoms with E-state index in [0.717, 1.165) is 9.88 Å². The number of thiophene rings is 1. The maximum Gasteiger partial charge on any atom is 0.273 e. The van der Waals surface area contributed by atoms with Gasteiger partial charge in [-0.3, -0.25) is 9.89 Å². The topological polar surface area (TPSA) is 74.8 Å². The predicted octanol–water partition coefficient (Wildman–Crippen LogP) is 2.26. The van der Waals surface area contributed by atoms with Crippen molar-refractivity contribution in [2.45, 2.75) is 6.54 Å². The molecule has 0 saturated carbocycles. The number of nitrogens with zero attached hydrogens (tertiary/aromatic N) is 4. The van der Waals surface area contributed by atoms with Gasteiger partial charge in [-0.15, -0.1) is 22.7 Å². The molecule has 0 fully saturated rings. The highest BCUT2D eigenvalue weighted by Gasteiger charge is 2.17. The van der Waals surface area contributed by atoms with Gasteiger partial charge in [-0.1, -0.05) is 6.07 Å². The van der Waals surface area contributed by atoms with Crippen molar-refractivity contribution in [1.82, 2.24) is 25.1 Å². The molecule has 0 bridgehead atoms. The van der Waals surface area contributed by atoms with Crippen molar-refractivity contribution in [3.63, 3.8) is 0 Å². The van der Waals surface area contributed by atoms with Crippen molar-refractivity contribution >= 4 is 28.6 Å². The number of rotatable bonds is 4. The van der Waals surface area contributed by atoms with Gasteiger partial charge in [-0.2, -0.15) is 5.10 Å². The molecule has 0 unspecified atom stereocenters. The Balaban J connectivity index is 1.74. The number of H-pyrrole nitrogens is 1. The van der Waals surface area contributed by atoms with Crippen molar-refractivity contribution < 1.29 is 4.79 Å². The summed E-state index contributed by atoms with van der Waals surface area (Å²) in [5.41, 5.74) is 0.459. The maximum atomic E-state index is 12.3. The highest BCUT2D eigenvalue weighted by atomic mass is 32.1. The molecule has 6 nitrogen and oxygen atoms in total. The van der Waals surface area contributed by atoms with E-state index in [1.807, 2.05) is 17.5 Å². The average molecular weight is 305 g/mol. The molecule has 0 aliphatic heterocycles. The number of aromatic amines is 1. The second-order valence-corrected chi connectivity index (χ2v) is 5.91. The Bertz CT molecular complexity index is 689. The Morgan fingerprint density at radius 3 is 3.05 bits per heavy atom. The predicted molar refractivity (Wildman–Crippen MR) is 77.6 cm³/mol. The van der Waals surface area contributed by atoms with Crippen molar-refractivity contribution in [3.05, 3.63) is 40.7 Å². The Kier molecular flexibility index (Phi) is 3.57. The summed E-state index contributed by atoms with van der Waals surface area (Å²) in [4.78, 5) is 23.3. The molecule has 20 heavy (non-hydrogen) atoms. The van der Waals surface area contributed by atoms with Gasteiger partial charge in [-0.25, -0.2) is 9.97 Å². The molecule has 0 aliphatic carbocycles. The van der Waals surface area contributed by atoms with E-state index < -0.39 is 0 Å². The first-order valence-corrected chi connectivity index (χ1v) is 7.59. The summed E-state index contributed by atoms with van der Waals surface area (Å²) in [6, 6.07) is 3.97. The molecule has 102 valence electrons. The Hall–Kier alpha value is -2.06. The summed E-state index contributed by atoms with van der Waals surface area (Å²) in [6.07, 6.45) is 1.42. The van der Waals surface area contributed by atoms with Gasteiger partial charge in [0.2, 0.25) is 0 Å². The largest absolute Gasteiger partial charge is 0.333 e. The third-order valence-electron chi connectivity index (χ3n) is 2.65. The van der Waals surface area contributed by atoms with Crippen LogP contribution in [-0.4, -0.2) is 38.0 Å². The molecular weight excluding hydrogens is 294 g/mol. The second kappa shape index (κ2) is 5.51. The number of nitrogens with one attached hydrogen (secondary N) is 1. The summed E-state index contributed by atoms with van der Waals surface area (Å²) in [5.74, 6) is 0.523. The standard InChI is InChI=1S/C12H11N5OS2/c1-17(5-10-13-7-14-16-10)12(18)8-6-20-11(15-8)9-3-2-4-19-9/h2-4,6-7H,5H2,1H3,(H,13,14,16). The van der Waals surface area contributed by atoms with Crippen LogP contribution >= 0.6 is 22.7 Å². The molecular formula is C12H11N5OS2. The van der Waals surface area contributed by atoms with Crippen LogP contribution in [0.15, 0.2) is 29.2 Å². The van der Waals surface area contributed by atoms with Gasteiger partial charge in [-0.05, 0) is 11.4 Å². The van der Waals surface area contributed by atoms with Gasteiger partial charge in [0.05, 0.1) is 11.4 Å². The highest BCUT2D eigenvalue weighted by molar-refractivity contribution is 7.20. The third-order valence-corrected chi connectivity index (χ3v) is 4.54. The molecule has 0 aliphatic rings. The third kappa shape index (κ3) is 2.61. The molecule has 0 radical (unpaired) electrons. The molecule has 3 heterocycles. The molecule has 3 aromatic heterocycles. The van der Waals surface area contributed by atoms with Crippen LogP contribution in [-0.2, 0) is 6.54 Å². The minimum atomic E-state index is -0.125. The van der Waals surface area contributed by atoms with Gasteiger partial charge in [0.1, 0.15) is 22.9 Å². The van der Waals surface area contributed by atoms with Crippen LogP contribution in [0.3, 0.4) is 0 Å². The molecule has 0 spiro atoms. The molecule has 0 atom stereocenters. The van der Waals surface area contributed by atoms with Gasteiger partial charge in [0.25, 0.3) is 5.91 Å². The van der Waals surface area contributed by atoms with Crippen molar-refractivity contribution in [3.8, 4) is 9.88 Å². The number of thiazole rings is 1. The zero-order valence-electron chi connectivity index (χ0n) is 10.6. The lowest BCUT2D eigenvalue weighted by molar-refractivity contribution is 0.0777. The van der Waals surface area contributed by atoms with Gasteiger partial charge >= 0.3 is 0 Å². The van der Waals surface area contributed by atoms with Crippen LogP contribution in [0.25, 0.3) is 9.88 Å². The van der Waals surface area contributed by atoms with Crippen LogP contribution < -0.4 is 0 Å². The average Bonchev–Trinajstić information content (AvgIpc) is 3.18. The summed E-state index contributed by atoms with van der Waals surface area (Å²) in [6.45, 7) is 0.380. The molecule has 3 aromatic rings. The zero-order valence-corrected chi connectivity index (χ0v) is 12.2. The Morgan fingerprint density at radius 1 is 1.45 bits per heavy atom. The van der Waals surface area contributed by atoms with Crippen LogP contribution in [0, 0.1) is 0 Å². The van der Waals surface area contributed by atoms with E-state index >= 15 is 0 Å². The zero-order chi connectivity index (χ0) is 13.9. The Labute approximate surface area is 123 Å². The van der Waals surface area contributed by atoms with Crippen LogP contribution in [0.5, 0.6) is 0 Å². The van der Waals surface area contributed by atoms with Gasteiger partial charge in [0.15, 0.2) is 0 Å². The van der Waals surface area contributed by atoms with E-state index in [4.69, 9.17) is 0 Å². The molecule has 1 amide bonds. The van der Waals surface area contributed by atoms with E-state index in [1.165, 1.54) is 17.7 Å². The minimum absolute atomic E-state index is 0.125. The van der Waals surface area contributed by atoms with Crippen molar-refractivity contribution in [1.29, 1.82) is 0 Å². The number of hydrogen-bond donors (Lipinski definition) is 1. The summed E-state index contributed by atoms with van der Waals surface area (Å²) < 4.78 is 0. The fourth-order valence-corrected chi connectivity index (χ4v) is 3.29. The lowest BCUT2D eigenvalue weighted by Crippen LogP contribution is -2.27. The minimum Gasteiger partial charge on any atom is -0.333 e. The van der Waals surface area contributed by atoms with Crippen LogP contribution in [0.4, 0.5) is 0 Å². The van der Waals surface area contributed by atoms with E-state index in [-0.39, 0.29) is 5.91 Å². The molecule has 3 rings (SSSR count). The van der Waals surface area contributed by atoms with Crippen molar-refractivity contribution in [2.24, 2.45) is 0 Å². The van der Waals surface area contributed by atoms with Crippen molar-refractivity contribution in [2.75, 3.05) is 7.05 Å². The van der Waals surface area contributed by atoms with Crippen LogP contribution in [0.1, 0.15) is 16.3 Å². The summed E-state index contributed by atoms with van der Waals surface area (Å²) >= 11 is 3.09. The monoisotopic (exact) mass is 305 g/mol. The second-order valence-electron chi connectivity index (χ2n) is 4.11. The van der Waals surface area contributed by atoms with Gasteiger partial charge in [0, 0.05) is 12.4 Å². The SMILES string of the molecule is CN(Cc1ncn[nH]1)C(=O)c1csc(-c2cccs2)n1. The number of carbonyl (C=O) groups excluding carboxylic acids is 1. The molecule has 1 N–H and O–H groups in total. The lowest BCUT2D eigenvalue weighted by Gasteiger charge is -2.13. The normalized spacial score (nSPS) is 10.7. The first-order valence-electron chi connectivity index (χ1n) is 5.83. The fraction of sp³-hybridized carbons (Fsp3) is 0.167. The van der Waals surface area contributed by atoms with E-state index in [0.29, 0.717) is 18.1 Å². The first kappa shape index (κ1) is 12.9. The maximum absolute atomic E-state index is 12.3. The number of amides is 1. The fourth-order valence-electron chi connectivity index (χ4n) is 1.68. The summed E-state index contributed by atoms with van der Waals surface area (Å²) in [5, 5.41) is 11.1. The first-order chi connectivity index (χ1) is 9.74. The molecule has 8 heteroatoms. The smallest absolute Gasteiger partial charge is 0.273 e. The van der Waals surface area contributed by atoms with Crippen LogP contribution in [0.2, 0.25) is 0 Å². The highest BCUT2D eigenvalue weighted by Crippen LogP contribution is 2.28. The van der Waals surface area contributed by atoms with E-state index in [1.54, 1.807) is 28.7 Å². The van der Waals surface area contributed by atoms with Gasteiger partial charge < -0.3 is 4.90 Å². The lowest BCUT2D eigenvalue weighted by atomic mass is 10.4. The molecule has 0 saturated heterocycles. The molecule has 0 aromatic carbocycles.